The molecule has 5 unspecified atom stereocenters. The molecule has 2 fully saturated rings. The number of carbonyl (C=O) groups excluding carboxylic acids is 1. The van der Waals surface area contributed by atoms with Gasteiger partial charge in [-0.05, 0) is 57.8 Å². The second-order valence-electron chi connectivity index (χ2n) is 5.91. The SMILES string of the molecule is CCNC(=O)C(C)NC(C)C1CC2CCC1C2. The van der Waals surface area contributed by atoms with E-state index in [1.165, 1.54) is 25.7 Å². The maximum atomic E-state index is 11.7. The predicted molar refractivity (Wildman–Crippen MR) is 69.7 cm³/mol. The van der Waals surface area contributed by atoms with E-state index in [-0.39, 0.29) is 11.9 Å². The van der Waals surface area contributed by atoms with E-state index in [4.69, 9.17) is 0 Å². The Hall–Kier alpha value is -0.570. The van der Waals surface area contributed by atoms with Gasteiger partial charge in [-0.25, -0.2) is 0 Å². The molecule has 2 bridgehead atoms. The first kappa shape index (κ1) is 12.9. The van der Waals surface area contributed by atoms with Crippen LogP contribution >= 0.6 is 0 Å². The molecule has 3 nitrogen and oxygen atoms in total. The third-order valence-electron chi connectivity index (χ3n) is 4.69. The molecule has 2 aliphatic carbocycles. The second-order valence-corrected chi connectivity index (χ2v) is 5.91. The van der Waals surface area contributed by atoms with Gasteiger partial charge in [0.15, 0.2) is 0 Å². The lowest BCUT2D eigenvalue weighted by atomic mass is 9.84. The Kier molecular flexibility index (Phi) is 4.08. The summed E-state index contributed by atoms with van der Waals surface area (Å²) in [6.45, 7) is 6.90. The molecule has 0 saturated heterocycles. The zero-order chi connectivity index (χ0) is 12.4. The van der Waals surface area contributed by atoms with Crippen molar-refractivity contribution in [2.24, 2.45) is 17.8 Å². The molecule has 0 radical (unpaired) electrons. The molecule has 0 heterocycles. The van der Waals surface area contributed by atoms with Gasteiger partial charge >= 0.3 is 0 Å². The fourth-order valence-electron chi connectivity index (χ4n) is 3.83. The van der Waals surface area contributed by atoms with Gasteiger partial charge in [-0.2, -0.15) is 0 Å². The van der Waals surface area contributed by atoms with Crippen molar-refractivity contribution in [3.05, 3.63) is 0 Å². The van der Waals surface area contributed by atoms with Crippen LogP contribution in [0.5, 0.6) is 0 Å². The first-order valence-electron chi connectivity index (χ1n) is 7.15. The highest BCUT2D eigenvalue weighted by Gasteiger charge is 2.42. The van der Waals surface area contributed by atoms with Crippen LogP contribution in [0.2, 0.25) is 0 Å². The van der Waals surface area contributed by atoms with Gasteiger partial charge in [0.05, 0.1) is 6.04 Å². The van der Waals surface area contributed by atoms with Crippen molar-refractivity contribution in [3.63, 3.8) is 0 Å². The van der Waals surface area contributed by atoms with E-state index in [1.807, 2.05) is 13.8 Å². The van der Waals surface area contributed by atoms with Gasteiger partial charge < -0.3 is 10.6 Å². The number of hydrogen-bond acceptors (Lipinski definition) is 2. The monoisotopic (exact) mass is 238 g/mol. The number of carbonyl (C=O) groups is 1. The molecule has 0 aromatic rings. The van der Waals surface area contributed by atoms with E-state index < -0.39 is 0 Å². The predicted octanol–water partition coefficient (Wildman–Crippen LogP) is 1.93. The van der Waals surface area contributed by atoms with Crippen LogP contribution in [0.25, 0.3) is 0 Å². The summed E-state index contributed by atoms with van der Waals surface area (Å²) in [5.74, 6) is 2.83. The number of rotatable bonds is 5. The number of hydrogen-bond donors (Lipinski definition) is 2. The Morgan fingerprint density at radius 1 is 1.29 bits per heavy atom. The Morgan fingerprint density at radius 2 is 2.06 bits per heavy atom. The van der Waals surface area contributed by atoms with Crippen molar-refractivity contribution in [2.75, 3.05) is 6.54 Å². The van der Waals surface area contributed by atoms with E-state index in [0.717, 1.165) is 17.8 Å². The summed E-state index contributed by atoms with van der Waals surface area (Å²) in [6.07, 6.45) is 5.67. The molecular weight excluding hydrogens is 212 g/mol. The summed E-state index contributed by atoms with van der Waals surface area (Å²) in [5, 5.41) is 6.35. The molecule has 98 valence electrons. The Balaban J connectivity index is 1.80. The lowest BCUT2D eigenvalue weighted by Gasteiger charge is -2.30. The topological polar surface area (TPSA) is 41.1 Å². The zero-order valence-corrected chi connectivity index (χ0v) is 11.3. The standard InChI is InChI=1S/C14H26N2O/c1-4-15-14(17)10(3)16-9(2)13-8-11-5-6-12(13)7-11/h9-13,16H,4-8H2,1-3H3,(H,15,17). The summed E-state index contributed by atoms with van der Waals surface area (Å²) in [6, 6.07) is 0.409. The van der Waals surface area contributed by atoms with Crippen LogP contribution in [0.1, 0.15) is 46.5 Å². The minimum atomic E-state index is -0.0657. The van der Waals surface area contributed by atoms with E-state index >= 15 is 0 Å². The maximum absolute atomic E-state index is 11.7. The van der Waals surface area contributed by atoms with Crippen LogP contribution in [-0.2, 0) is 4.79 Å². The largest absolute Gasteiger partial charge is 0.355 e. The van der Waals surface area contributed by atoms with Gasteiger partial charge in [0.2, 0.25) is 5.91 Å². The zero-order valence-electron chi connectivity index (χ0n) is 11.3. The van der Waals surface area contributed by atoms with Crippen molar-refractivity contribution in [1.82, 2.24) is 10.6 Å². The molecule has 2 aliphatic rings. The summed E-state index contributed by atoms with van der Waals surface area (Å²) in [7, 11) is 0. The first-order chi connectivity index (χ1) is 8.11. The molecule has 1 amide bonds. The Bertz CT molecular complexity index is 279. The van der Waals surface area contributed by atoms with E-state index in [0.29, 0.717) is 12.6 Å². The molecule has 2 N–H and O–H groups in total. The summed E-state index contributed by atoms with van der Waals surface area (Å²) in [5.41, 5.74) is 0. The van der Waals surface area contributed by atoms with Gasteiger partial charge in [0.25, 0.3) is 0 Å². The molecule has 0 spiro atoms. The smallest absolute Gasteiger partial charge is 0.236 e. The van der Waals surface area contributed by atoms with Crippen molar-refractivity contribution < 1.29 is 4.79 Å². The summed E-state index contributed by atoms with van der Waals surface area (Å²) < 4.78 is 0. The van der Waals surface area contributed by atoms with Crippen LogP contribution in [0.15, 0.2) is 0 Å². The Labute approximate surface area is 105 Å². The molecule has 5 atom stereocenters. The van der Waals surface area contributed by atoms with Crippen LogP contribution < -0.4 is 10.6 Å². The Morgan fingerprint density at radius 3 is 2.59 bits per heavy atom. The average Bonchev–Trinajstić information content (AvgIpc) is 2.90. The van der Waals surface area contributed by atoms with E-state index in [9.17, 15) is 4.79 Å². The van der Waals surface area contributed by atoms with Gasteiger partial charge in [-0.15, -0.1) is 0 Å². The first-order valence-corrected chi connectivity index (χ1v) is 7.15. The minimum absolute atomic E-state index is 0.0657. The van der Waals surface area contributed by atoms with Crippen molar-refractivity contribution in [2.45, 2.75) is 58.5 Å². The molecule has 0 aliphatic heterocycles. The fraction of sp³-hybridized carbons (Fsp3) is 0.929. The normalized spacial score (nSPS) is 34.6. The van der Waals surface area contributed by atoms with E-state index in [1.54, 1.807) is 0 Å². The summed E-state index contributed by atoms with van der Waals surface area (Å²) >= 11 is 0. The number of fused-ring (bicyclic) bond motifs is 2. The third kappa shape index (κ3) is 2.82. The van der Waals surface area contributed by atoms with Gasteiger partial charge in [0, 0.05) is 12.6 Å². The molecule has 17 heavy (non-hydrogen) atoms. The number of amides is 1. The lowest BCUT2D eigenvalue weighted by molar-refractivity contribution is -0.122. The van der Waals surface area contributed by atoms with Crippen molar-refractivity contribution in [3.8, 4) is 0 Å². The van der Waals surface area contributed by atoms with Crippen LogP contribution in [0.3, 0.4) is 0 Å². The molecular formula is C14H26N2O. The molecule has 2 rings (SSSR count). The van der Waals surface area contributed by atoms with Gasteiger partial charge in [-0.3, -0.25) is 4.79 Å². The second kappa shape index (κ2) is 5.38. The summed E-state index contributed by atoms with van der Waals surface area (Å²) in [4.78, 5) is 11.7. The maximum Gasteiger partial charge on any atom is 0.236 e. The lowest BCUT2D eigenvalue weighted by Crippen LogP contribution is -2.48. The molecule has 2 saturated carbocycles. The number of likely N-dealkylation sites (N-methyl/N-ethyl adjacent to an activating group) is 1. The van der Waals surface area contributed by atoms with Crippen molar-refractivity contribution >= 4 is 5.91 Å². The number of nitrogens with one attached hydrogen (secondary N) is 2. The molecule has 3 heteroatoms. The van der Waals surface area contributed by atoms with Crippen molar-refractivity contribution in [1.29, 1.82) is 0 Å². The minimum Gasteiger partial charge on any atom is -0.355 e. The van der Waals surface area contributed by atoms with Crippen LogP contribution in [-0.4, -0.2) is 24.5 Å². The molecule has 0 aromatic carbocycles. The van der Waals surface area contributed by atoms with Gasteiger partial charge in [-0.1, -0.05) is 6.42 Å². The average molecular weight is 238 g/mol. The quantitative estimate of drug-likeness (QED) is 0.768. The fourth-order valence-corrected chi connectivity index (χ4v) is 3.83. The molecule has 0 aromatic heterocycles. The third-order valence-corrected chi connectivity index (χ3v) is 4.69. The van der Waals surface area contributed by atoms with E-state index in [2.05, 4.69) is 17.6 Å². The highest BCUT2D eigenvalue weighted by Crippen LogP contribution is 2.49. The van der Waals surface area contributed by atoms with Crippen LogP contribution in [0.4, 0.5) is 0 Å². The highest BCUT2D eigenvalue weighted by molar-refractivity contribution is 5.81. The van der Waals surface area contributed by atoms with Crippen LogP contribution in [0, 0.1) is 17.8 Å². The van der Waals surface area contributed by atoms with Gasteiger partial charge in [0.1, 0.15) is 0 Å². The highest BCUT2D eigenvalue weighted by atomic mass is 16.2.